The Kier molecular flexibility index (Phi) is 8.37. The topological polar surface area (TPSA) is 52.8 Å². The van der Waals surface area contributed by atoms with Crippen LogP contribution in [0.25, 0.3) is 0 Å². The van der Waals surface area contributed by atoms with Crippen molar-refractivity contribution in [2.45, 2.75) is 44.8 Å². The summed E-state index contributed by atoms with van der Waals surface area (Å²) in [4.78, 5) is 6.76. The molecule has 1 aromatic heterocycles. The van der Waals surface area contributed by atoms with Crippen molar-refractivity contribution in [3.8, 4) is 0 Å². The summed E-state index contributed by atoms with van der Waals surface area (Å²) in [6, 6.07) is 2.12. The molecule has 2 rings (SSSR count). The van der Waals surface area contributed by atoms with E-state index >= 15 is 0 Å². The maximum atomic E-state index is 10.5. The van der Waals surface area contributed by atoms with E-state index in [1.165, 1.54) is 5.69 Å². The van der Waals surface area contributed by atoms with Gasteiger partial charge >= 0.3 is 0 Å². The molecule has 23 heavy (non-hydrogen) atoms. The number of nitrogens with zero attached hydrogens (tertiary/aromatic N) is 3. The van der Waals surface area contributed by atoms with Gasteiger partial charge in [0.25, 0.3) is 0 Å². The van der Waals surface area contributed by atoms with Gasteiger partial charge in [0, 0.05) is 37.0 Å². The third-order valence-corrected chi connectivity index (χ3v) is 4.66. The molecule has 0 unspecified atom stereocenters. The second-order valence-corrected chi connectivity index (χ2v) is 7.13. The molecule has 0 saturated heterocycles. The molecule has 1 fully saturated rings. The van der Waals surface area contributed by atoms with Crippen molar-refractivity contribution in [3.05, 3.63) is 22.4 Å². The molecule has 0 atom stereocenters. The molecule has 2 N–H and O–H groups in total. The fourth-order valence-electron chi connectivity index (χ4n) is 2.92. The van der Waals surface area contributed by atoms with Gasteiger partial charge in [0.2, 0.25) is 0 Å². The number of aromatic nitrogens is 1. The lowest BCUT2D eigenvalue weighted by molar-refractivity contribution is 0.0572. The van der Waals surface area contributed by atoms with Crippen LogP contribution in [0.1, 0.15) is 38.3 Å². The van der Waals surface area contributed by atoms with Crippen molar-refractivity contribution in [1.29, 1.82) is 0 Å². The Hall–Kier alpha value is -0.280. The quantitative estimate of drug-likeness (QED) is 0.372. The average molecular weight is 499 g/mol. The van der Waals surface area contributed by atoms with Crippen LogP contribution in [-0.2, 0) is 13.6 Å². The lowest BCUT2D eigenvalue weighted by Gasteiger charge is -2.25. The van der Waals surface area contributed by atoms with Crippen molar-refractivity contribution in [1.82, 2.24) is 14.8 Å². The predicted octanol–water partition coefficient (Wildman–Crippen LogP) is 3.11. The first-order valence-electron chi connectivity index (χ1n) is 7.96. The molecule has 1 aliphatic rings. The highest BCUT2D eigenvalue weighted by Gasteiger charge is 2.30. The number of rotatable bonds is 5. The molecule has 1 saturated carbocycles. The number of guanidine groups is 1. The third-order valence-electron chi connectivity index (χ3n) is 4.23. The first kappa shape index (κ1) is 20.8. The molecule has 7 heteroatoms. The first-order valence-corrected chi connectivity index (χ1v) is 8.75. The zero-order valence-corrected chi connectivity index (χ0v) is 18.1. The molecule has 0 bridgehead atoms. The summed E-state index contributed by atoms with van der Waals surface area (Å²) in [5.74, 6) is 0.847. The molecular weight excluding hydrogens is 471 g/mol. The van der Waals surface area contributed by atoms with Crippen LogP contribution in [0.15, 0.2) is 21.7 Å². The highest BCUT2D eigenvalue weighted by Crippen LogP contribution is 2.29. The minimum atomic E-state index is -0.602. The number of aliphatic imine (C=N–C) groups is 1. The van der Waals surface area contributed by atoms with E-state index in [4.69, 9.17) is 0 Å². The zero-order chi connectivity index (χ0) is 16.2. The molecule has 1 aromatic rings. The molecule has 0 aromatic carbocycles. The van der Waals surface area contributed by atoms with Crippen molar-refractivity contribution >= 4 is 45.9 Å². The summed E-state index contributed by atoms with van der Waals surface area (Å²) in [5.41, 5.74) is 0.606. The standard InChI is InChI=1S/C16H27BrN4O.HI/c1-4-18-15(19-12-16(22)7-5-6-8-16)21(3)11-14-9-13(17)10-20(14)2;/h9-10,22H,4-8,11-12H2,1-3H3,(H,18,19);1H. The van der Waals surface area contributed by atoms with E-state index in [0.29, 0.717) is 6.54 Å². The summed E-state index contributed by atoms with van der Waals surface area (Å²) >= 11 is 3.50. The smallest absolute Gasteiger partial charge is 0.194 e. The Labute approximate surface area is 164 Å². The molecule has 132 valence electrons. The van der Waals surface area contributed by atoms with Crippen molar-refractivity contribution in [3.63, 3.8) is 0 Å². The van der Waals surface area contributed by atoms with Crippen LogP contribution in [-0.4, -0.2) is 46.3 Å². The van der Waals surface area contributed by atoms with Crippen LogP contribution >= 0.6 is 39.9 Å². The van der Waals surface area contributed by atoms with Crippen LogP contribution in [0.4, 0.5) is 0 Å². The Bertz CT molecular complexity index is 526. The molecule has 0 aliphatic heterocycles. The number of hydrogen-bond donors (Lipinski definition) is 2. The van der Waals surface area contributed by atoms with Gasteiger partial charge in [-0.05, 0) is 41.8 Å². The number of hydrogen-bond acceptors (Lipinski definition) is 2. The molecule has 0 amide bonds. The summed E-state index contributed by atoms with van der Waals surface area (Å²) in [5, 5.41) is 13.8. The van der Waals surface area contributed by atoms with Gasteiger partial charge in [-0.2, -0.15) is 0 Å². The third kappa shape index (κ3) is 5.94. The Morgan fingerprint density at radius 2 is 2.13 bits per heavy atom. The number of halogens is 2. The minimum Gasteiger partial charge on any atom is -0.388 e. The summed E-state index contributed by atoms with van der Waals surface area (Å²) in [7, 11) is 4.07. The fraction of sp³-hybridized carbons (Fsp3) is 0.688. The summed E-state index contributed by atoms with van der Waals surface area (Å²) < 4.78 is 3.19. The highest BCUT2D eigenvalue weighted by atomic mass is 127. The van der Waals surface area contributed by atoms with E-state index in [2.05, 4.69) is 54.9 Å². The van der Waals surface area contributed by atoms with Crippen molar-refractivity contribution in [2.24, 2.45) is 12.0 Å². The number of aliphatic hydroxyl groups is 1. The van der Waals surface area contributed by atoms with E-state index in [1.54, 1.807) is 0 Å². The van der Waals surface area contributed by atoms with Crippen LogP contribution < -0.4 is 5.32 Å². The lowest BCUT2D eigenvalue weighted by atomic mass is 10.0. The molecule has 0 spiro atoms. The van der Waals surface area contributed by atoms with Gasteiger partial charge in [0.1, 0.15) is 0 Å². The van der Waals surface area contributed by atoms with Crippen LogP contribution in [0.5, 0.6) is 0 Å². The molecule has 0 radical (unpaired) electrons. The minimum absolute atomic E-state index is 0. The van der Waals surface area contributed by atoms with Crippen molar-refractivity contribution in [2.75, 3.05) is 20.1 Å². The van der Waals surface area contributed by atoms with Crippen molar-refractivity contribution < 1.29 is 5.11 Å². The Morgan fingerprint density at radius 3 is 2.65 bits per heavy atom. The zero-order valence-electron chi connectivity index (χ0n) is 14.2. The largest absolute Gasteiger partial charge is 0.388 e. The monoisotopic (exact) mass is 498 g/mol. The van der Waals surface area contributed by atoms with Gasteiger partial charge in [-0.1, -0.05) is 12.8 Å². The summed E-state index contributed by atoms with van der Waals surface area (Å²) in [6.45, 7) is 4.13. The van der Waals surface area contributed by atoms with E-state index in [-0.39, 0.29) is 24.0 Å². The Morgan fingerprint density at radius 1 is 1.48 bits per heavy atom. The highest BCUT2D eigenvalue weighted by molar-refractivity contribution is 14.0. The predicted molar refractivity (Wildman–Crippen MR) is 109 cm³/mol. The maximum Gasteiger partial charge on any atom is 0.194 e. The second kappa shape index (κ2) is 9.27. The van der Waals surface area contributed by atoms with Crippen LogP contribution in [0, 0.1) is 0 Å². The van der Waals surface area contributed by atoms with E-state index in [1.807, 2.05) is 14.1 Å². The molecule has 1 aliphatic carbocycles. The van der Waals surface area contributed by atoms with Crippen LogP contribution in [0.3, 0.4) is 0 Å². The normalized spacial score (nSPS) is 17.0. The molecule has 1 heterocycles. The maximum absolute atomic E-state index is 10.5. The van der Waals surface area contributed by atoms with Gasteiger partial charge in [0.05, 0.1) is 18.7 Å². The van der Waals surface area contributed by atoms with Gasteiger partial charge in [-0.3, -0.25) is 4.99 Å². The number of aryl methyl sites for hydroxylation is 1. The first-order chi connectivity index (χ1) is 10.4. The van der Waals surface area contributed by atoms with Gasteiger partial charge < -0.3 is 19.9 Å². The SMILES string of the molecule is CCNC(=NCC1(O)CCCC1)N(C)Cc1cc(Br)cn1C.I. The van der Waals surface area contributed by atoms with E-state index < -0.39 is 5.60 Å². The van der Waals surface area contributed by atoms with Gasteiger partial charge in [-0.25, -0.2) is 0 Å². The van der Waals surface area contributed by atoms with E-state index in [0.717, 1.165) is 49.2 Å². The lowest BCUT2D eigenvalue weighted by Crippen LogP contribution is -2.40. The van der Waals surface area contributed by atoms with E-state index in [9.17, 15) is 5.11 Å². The number of nitrogens with one attached hydrogen (secondary N) is 1. The Balaban J connectivity index is 0.00000264. The second-order valence-electron chi connectivity index (χ2n) is 6.22. The fourth-order valence-corrected chi connectivity index (χ4v) is 3.50. The van der Waals surface area contributed by atoms with Gasteiger partial charge in [0.15, 0.2) is 5.96 Å². The summed E-state index contributed by atoms with van der Waals surface area (Å²) in [6.07, 6.45) is 5.99. The van der Waals surface area contributed by atoms with Gasteiger partial charge in [-0.15, -0.1) is 24.0 Å². The molecule has 5 nitrogen and oxygen atoms in total. The van der Waals surface area contributed by atoms with Crippen LogP contribution in [0.2, 0.25) is 0 Å². The molecular formula is C16H28BrIN4O. The average Bonchev–Trinajstić information content (AvgIpc) is 3.01.